The second kappa shape index (κ2) is 6.27. The predicted molar refractivity (Wildman–Crippen MR) is 60.5 cm³/mol. The maximum Gasteiger partial charge on any atom is 0.232 e. The number of hydrogen-bond donors (Lipinski definition) is 1. The molecule has 0 radical (unpaired) electrons. The van der Waals surface area contributed by atoms with E-state index in [2.05, 4.69) is 11.9 Å². The number of carbonyl (C=O) groups is 1. The van der Waals surface area contributed by atoms with Crippen LogP contribution in [0, 0.1) is 0 Å². The fourth-order valence-electron chi connectivity index (χ4n) is 1.39. The Balaban J connectivity index is 2.17. The van der Waals surface area contributed by atoms with Crippen LogP contribution in [0.2, 0.25) is 0 Å². The van der Waals surface area contributed by atoms with Gasteiger partial charge in [0.1, 0.15) is 0 Å². The molecule has 0 bridgehead atoms. The summed E-state index contributed by atoms with van der Waals surface area (Å²) in [5, 5.41) is 0. The number of nitrogens with two attached hydrogens (primary N) is 1. The van der Waals surface area contributed by atoms with E-state index in [0.717, 1.165) is 31.9 Å². The van der Waals surface area contributed by atoms with Crippen LogP contribution < -0.4 is 5.73 Å². The smallest absolute Gasteiger partial charge is 0.232 e. The van der Waals surface area contributed by atoms with E-state index in [9.17, 15) is 4.79 Å². The van der Waals surface area contributed by atoms with Gasteiger partial charge in [-0.1, -0.05) is 0 Å². The molecule has 1 fully saturated rings. The second-order valence-corrected chi connectivity index (χ2v) is 4.63. The molecule has 0 aromatic carbocycles. The zero-order chi connectivity index (χ0) is 10.4. The van der Waals surface area contributed by atoms with Crippen LogP contribution in [0.5, 0.6) is 0 Å². The van der Waals surface area contributed by atoms with Crippen molar-refractivity contribution in [3.63, 3.8) is 0 Å². The molecule has 0 aromatic heterocycles. The van der Waals surface area contributed by atoms with E-state index >= 15 is 0 Å². The summed E-state index contributed by atoms with van der Waals surface area (Å²) < 4.78 is 0. The summed E-state index contributed by atoms with van der Waals surface area (Å²) in [6, 6.07) is 0. The van der Waals surface area contributed by atoms with Gasteiger partial charge < -0.3 is 15.5 Å². The lowest BCUT2D eigenvalue weighted by Gasteiger charge is -2.32. The molecule has 5 heteroatoms. The van der Waals surface area contributed by atoms with Crippen molar-refractivity contribution in [3.05, 3.63) is 0 Å². The molecular formula is C9H19N3OS. The molecular weight excluding hydrogens is 198 g/mol. The van der Waals surface area contributed by atoms with Gasteiger partial charge in [0, 0.05) is 38.5 Å². The molecule has 0 atom stereocenters. The Morgan fingerprint density at radius 3 is 2.57 bits per heavy atom. The molecule has 2 N–H and O–H groups in total. The summed E-state index contributed by atoms with van der Waals surface area (Å²) in [6.07, 6.45) is 0. The van der Waals surface area contributed by atoms with Crippen molar-refractivity contribution in [2.24, 2.45) is 5.73 Å². The quantitative estimate of drug-likeness (QED) is 0.642. The van der Waals surface area contributed by atoms with Crippen LogP contribution in [0.1, 0.15) is 0 Å². The van der Waals surface area contributed by atoms with Crippen LogP contribution in [0.3, 0.4) is 0 Å². The van der Waals surface area contributed by atoms with Crippen molar-refractivity contribution in [2.75, 3.05) is 51.3 Å². The number of nitrogens with zero attached hydrogens (tertiary/aromatic N) is 2. The number of piperazine rings is 1. The third-order valence-electron chi connectivity index (χ3n) is 2.34. The molecule has 0 aromatic rings. The van der Waals surface area contributed by atoms with Crippen LogP contribution in [0.25, 0.3) is 0 Å². The molecule has 4 nitrogen and oxygen atoms in total. The Bertz CT molecular complexity index is 181. The number of carbonyl (C=O) groups excluding carboxylic acids is 1. The number of amides is 1. The molecule has 1 saturated heterocycles. The Labute approximate surface area is 89.8 Å². The lowest BCUT2D eigenvalue weighted by Crippen LogP contribution is -2.47. The minimum absolute atomic E-state index is 0.261. The number of likely N-dealkylation sites (N-methyl/N-ethyl adjacent to an activating group) is 1. The second-order valence-electron chi connectivity index (χ2n) is 3.53. The van der Waals surface area contributed by atoms with Gasteiger partial charge in [-0.05, 0) is 7.05 Å². The van der Waals surface area contributed by atoms with E-state index in [1.807, 2.05) is 4.90 Å². The molecule has 82 valence electrons. The standard InChI is InChI=1S/C9H19N3OS/c1-11-3-5-12(6-4-11)9(13)8-14-7-2-10/h2-8,10H2,1H3. The van der Waals surface area contributed by atoms with E-state index in [4.69, 9.17) is 5.73 Å². The molecule has 1 rings (SSSR count). The molecule has 1 aliphatic heterocycles. The Hall–Kier alpha value is -0.260. The normalized spacial score (nSPS) is 18.6. The van der Waals surface area contributed by atoms with Crippen LogP contribution >= 0.6 is 11.8 Å². The van der Waals surface area contributed by atoms with Gasteiger partial charge in [0.15, 0.2) is 0 Å². The molecule has 0 unspecified atom stereocenters. The van der Waals surface area contributed by atoms with Crippen molar-refractivity contribution < 1.29 is 4.79 Å². The van der Waals surface area contributed by atoms with Crippen molar-refractivity contribution in [1.29, 1.82) is 0 Å². The highest BCUT2D eigenvalue weighted by Gasteiger charge is 2.18. The average Bonchev–Trinajstić information content (AvgIpc) is 2.19. The van der Waals surface area contributed by atoms with Crippen molar-refractivity contribution in [2.45, 2.75) is 0 Å². The van der Waals surface area contributed by atoms with Gasteiger partial charge in [-0.25, -0.2) is 0 Å². The lowest BCUT2D eigenvalue weighted by atomic mass is 10.3. The number of thioether (sulfide) groups is 1. The van der Waals surface area contributed by atoms with Gasteiger partial charge in [-0.2, -0.15) is 11.8 Å². The summed E-state index contributed by atoms with van der Waals surface area (Å²) in [6.45, 7) is 4.39. The topological polar surface area (TPSA) is 49.6 Å². The summed E-state index contributed by atoms with van der Waals surface area (Å²) in [5.74, 6) is 1.72. The first-order valence-corrected chi connectivity index (χ1v) is 6.13. The van der Waals surface area contributed by atoms with Crippen molar-refractivity contribution in [3.8, 4) is 0 Å². The highest BCUT2D eigenvalue weighted by atomic mass is 32.2. The van der Waals surface area contributed by atoms with Crippen LogP contribution in [-0.2, 0) is 4.79 Å². The Morgan fingerprint density at radius 1 is 1.36 bits per heavy atom. The van der Waals surface area contributed by atoms with Crippen LogP contribution in [0.15, 0.2) is 0 Å². The zero-order valence-corrected chi connectivity index (χ0v) is 9.55. The highest BCUT2D eigenvalue weighted by Crippen LogP contribution is 2.04. The summed E-state index contributed by atoms with van der Waals surface area (Å²) in [5.41, 5.74) is 5.36. The molecule has 1 amide bonds. The third kappa shape index (κ3) is 3.86. The van der Waals surface area contributed by atoms with E-state index in [1.165, 1.54) is 0 Å². The monoisotopic (exact) mass is 217 g/mol. The number of hydrogen-bond acceptors (Lipinski definition) is 4. The molecule has 0 spiro atoms. The largest absolute Gasteiger partial charge is 0.339 e. The van der Waals surface area contributed by atoms with E-state index in [1.54, 1.807) is 11.8 Å². The first kappa shape index (κ1) is 11.8. The minimum atomic E-state index is 0.261. The van der Waals surface area contributed by atoms with Gasteiger partial charge in [0.05, 0.1) is 5.75 Å². The fourth-order valence-corrected chi connectivity index (χ4v) is 2.06. The van der Waals surface area contributed by atoms with Gasteiger partial charge in [-0.15, -0.1) is 0 Å². The summed E-state index contributed by atoms with van der Waals surface area (Å²) in [4.78, 5) is 15.8. The first-order valence-electron chi connectivity index (χ1n) is 4.98. The van der Waals surface area contributed by atoms with E-state index in [-0.39, 0.29) is 5.91 Å². The summed E-state index contributed by atoms with van der Waals surface area (Å²) >= 11 is 1.63. The Kier molecular flexibility index (Phi) is 5.29. The average molecular weight is 217 g/mol. The lowest BCUT2D eigenvalue weighted by molar-refractivity contribution is -0.129. The predicted octanol–water partition coefficient (Wildman–Crippen LogP) is -0.548. The summed E-state index contributed by atoms with van der Waals surface area (Å²) in [7, 11) is 2.09. The fraction of sp³-hybridized carbons (Fsp3) is 0.889. The van der Waals surface area contributed by atoms with Gasteiger partial charge >= 0.3 is 0 Å². The SMILES string of the molecule is CN1CCN(C(=O)CSCCN)CC1. The van der Waals surface area contributed by atoms with Crippen LogP contribution in [-0.4, -0.2) is 67.0 Å². The third-order valence-corrected chi connectivity index (χ3v) is 3.32. The maximum atomic E-state index is 11.6. The zero-order valence-electron chi connectivity index (χ0n) is 8.74. The maximum absolute atomic E-state index is 11.6. The van der Waals surface area contributed by atoms with Gasteiger partial charge in [0.2, 0.25) is 5.91 Å². The molecule has 1 aliphatic rings. The van der Waals surface area contributed by atoms with Crippen molar-refractivity contribution >= 4 is 17.7 Å². The molecule has 1 heterocycles. The molecule has 0 saturated carbocycles. The van der Waals surface area contributed by atoms with Crippen LogP contribution in [0.4, 0.5) is 0 Å². The highest BCUT2D eigenvalue weighted by molar-refractivity contribution is 7.99. The van der Waals surface area contributed by atoms with Gasteiger partial charge in [0.25, 0.3) is 0 Å². The van der Waals surface area contributed by atoms with E-state index in [0.29, 0.717) is 12.3 Å². The molecule has 14 heavy (non-hydrogen) atoms. The first-order chi connectivity index (χ1) is 6.74. The minimum Gasteiger partial charge on any atom is -0.339 e. The number of rotatable bonds is 4. The van der Waals surface area contributed by atoms with E-state index < -0.39 is 0 Å². The Morgan fingerprint density at radius 2 is 2.00 bits per heavy atom. The molecule has 0 aliphatic carbocycles. The van der Waals surface area contributed by atoms with Crippen molar-refractivity contribution in [1.82, 2.24) is 9.80 Å². The van der Waals surface area contributed by atoms with Gasteiger partial charge in [-0.3, -0.25) is 4.79 Å².